The van der Waals surface area contributed by atoms with E-state index in [1.807, 2.05) is 0 Å². The van der Waals surface area contributed by atoms with Gasteiger partial charge in [0.1, 0.15) is 5.69 Å². The smallest absolute Gasteiger partial charge is 0.356 e. The molecule has 5 heteroatoms. The summed E-state index contributed by atoms with van der Waals surface area (Å²) < 4.78 is 4.88. The number of carbonyl (C=O) groups is 1. The van der Waals surface area contributed by atoms with Crippen molar-refractivity contribution in [2.75, 3.05) is 0 Å². The third-order valence-electron chi connectivity index (χ3n) is 1.11. The highest BCUT2D eigenvalue weighted by Crippen LogP contribution is 2.05. The van der Waals surface area contributed by atoms with Gasteiger partial charge in [0.15, 0.2) is 0 Å². The highest BCUT2D eigenvalue weighted by molar-refractivity contribution is 6.28. The lowest BCUT2D eigenvalue weighted by atomic mass is 10.4. The van der Waals surface area contributed by atoms with Gasteiger partial charge in [0.2, 0.25) is 5.28 Å². The topological polar surface area (TPSA) is 55.0 Å². The van der Waals surface area contributed by atoms with Gasteiger partial charge in [-0.2, -0.15) is 0 Å². The first kappa shape index (κ1) is 9.06. The monoisotopic (exact) mass is 188 g/mol. The van der Waals surface area contributed by atoms with Crippen molar-refractivity contribution in [3.8, 4) is 0 Å². The standard InChI is InChI=1S/C7H9ClN2O2/c1-4(2)12-6(11)5-3-9-7(8)10-5/h3-4H,1-2H3,(H,9,10). The number of aromatic nitrogens is 2. The number of halogens is 1. The molecule has 1 heterocycles. The molecule has 0 atom stereocenters. The average molecular weight is 189 g/mol. The number of carbonyl (C=O) groups excluding carboxylic acids is 1. The largest absolute Gasteiger partial charge is 0.458 e. The highest BCUT2D eigenvalue weighted by Gasteiger charge is 2.11. The summed E-state index contributed by atoms with van der Waals surface area (Å²) in [6, 6.07) is 0. The molecule has 1 rings (SSSR count). The molecule has 1 aromatic rings. The van der Waals surface area contributed by atoms with Crippen LogP contribution in [0.3, 0.4) is 0 Å². The normalized spacial score (nSPS) is 10.3. The molecule has 1 N–H and O–H groups in total. The fourth-order valence-corrected chi connectivity index (χ4v) is 0.829. The van der Waals surface area contributed by atoms with E-state index >= 15 is 0 Å². The van der Waals surface area contributed by atoms with Gasteiger partial charge in [0.05, 0.1) is 12.3 Å². The van der Waals surface area contributed by atoms with Crippen molar-refractivity contribution in [2.24, 2.45) is 0 Å². The minimum atomic E-state index is -0.440. The van der Waals surface area contributed by atoms with Crippen molar-refractivity contribution in [1.29, 1.82) is 0 Å². The first-order valence-electron chi connectivity index (χ1n) is 3.51. The zero-order chi connectivity index (χ0) is 9.14. The maximum absolute atomic E-state index is 11.1. The van der Waals surface area contributed by atoms with Crippen molar-refractivity contribution in [3.05, 3.63) is 17.2 Å². The first-order chi connectivity index (χ1) is 5.59. The molecule has 0 aliphatic heterocycles. The van der Waals surface area contributed by atoms with Gasteiger partial charge in [-0.1, -0.05) is 0 Å². The molecule has 0 amide bonds. The second kappa shape index (κ2) is 3.58. The summed E-state index contributed by atoms with van der Waals surface area (Å²) in [5.41, 5.74) is 0.272. The Morgan fingerprint density at radius 3 is 2.83 bits per heavy atom. The third kappa shape index (κ3) is 2.23. The number of nitrogens with zero attached hydrogens (tertiary/aromatic N) is 1. The van der Waals surface area contributed by atoms with E-state index in [9.17, 15) is 4.79 Å². The van der Waals surface area contributed by atoms with E-state index in [0.29, 0.717) is 0 Å². The summed E-state index contributed by atoms with van der Waals surface area (Å²) >= 11 is 5.47. The minimum Gasteiger partial charge on any atom is -0.458 e. The molecule has 0 aromatic carbocycles. The van der Waals surface area contributed by atoms with Gasteiger partial charge in [0, 0.05) is 0 Å². The summed E-state index contributed by atoms with van der Waals surface area (Å²) in [4.78, 5) is 17.3. The van der Waals surface area contributed by atoms with E-state index in [1.54, 1.807) is 13.8 Å². The summed E-state index contributed by atoms with van der Waals surface area (Å²) in [5, 5.41) is 0.186. The second-order valence-corrected chi connectivity index (χ2v) is 2.90. The quantitative estimate of drug-likeness (QED) is 0.718. The Morgan fingerprint density at radius 1 is 1.75 bits per heavy atom. The Morgan fingerprint density at radius 2 is 2.42 bits per heavy atom. The highest BCUT2D eigenvalue weighted by atomic mass is 35.5. The maximum Gasteiger partial charge on any atom is 0.356 e. The Hall–Kier alpha value is -1.03. The van der Waals surface area contributed by atoms with Crippen molar-refractivity contribution in [3.63, 3.8) is 0 Å². The third-order valence-corrected chi connectivity index (χ3v) is 1.30. The number of rotatable bonds is 2. The van der Waals surface area contributed by atoms with Gasteiger partial charge in [-0.05, 0) is 25.4 Å². The maximum atomic E-state index is 11.1. The Labute approximate surface area is 74.9 Å². The summed E-state index contributed by atoms with van der Waals surface area (Å²) in [6.45, 7) is 3.55. The number of ether oxygens (including phenoxy) is 1. The fourth-order valence-electron chi connectivity index (χ4n) is 0.678. The molecule has 0 aliphatic rings. The SMILES string of the molecule is CC(C)OC(=O)c1cnc(Cl)[nH]1. The number of hydrogen-bond acceptors (Lipinski definition) is 3. The molecule has 4 nitrogen and oxygen atoms in total. The molecular formula is C7H9ClN2O2. The van der Waals surface area contributed by atoms with Crippen LogP contribution in [-0.4, -0.2) is 22.0 Å². The predicted molar refractivity (Wildman–Crippen MR) is 44.1 cm³/mol. The summed E-state index contributed by atoms with van der Waals surface area (Å²) in [5.74, 6) is -0.440. The Balaban J connectivity index is 2.65. The van der Waals surface area contributed by atoms with Gasteiger partial charge in [-0.25, -0.2) is 9.78 Å². The predicted octanol–water partition coefficient (Wildman–Crippen LogP) is 1.63. The molecule has 0 saturated carbocycles. The van der Waals surface area contributed by atoms with Gasteiger partial charge >= 0.3 is 5.97 Å². The zero-order valence-corrected chi connectivity index (χ0v) is 7.55. The van der Waals surface area contributed by atoms with Crippen LogP contribution < -0.4 is 0 Å². The van der Waals surface area contributed by atoms with E-state index in [0.717, 1.165) is 0 Å². The molecule has 0 saturated heterocycles. The van der Waals surface area contributed by atoms with Crippen LogP contribution in [0.15, 0.2) is 6.20 Å². The van der Waals surface area contributed by atoms with Crippen LogP contribution in [0.5, 0.6) is 0 Å². The van der Waals surface area contributed by atoms with Crippen LogP contribution >= 0.6 is 11.6 Å². The van der Waals surface area contributed by atoms with E-state index < -0.39 is 5.97 Å². The number of H-pyrrole nitrogens is 1. The molecule has 0 fully saturated rings. The number of esters is 1. The molecule has 1 aromatic heterocycles. The molecule has 0 aliphatic carbocycles. The Kier molecular flexibility index (Phi) is 2.70. The lowest BCUT2D eigenvalue weighted by Gasteiger charge is -2.04. The lowest BCUT2D eigenvalue weighted by molar-refractivity contribution is 0.0371. The van der Waals surface area contributed by atoms with E-state index in [1.165, 1.54) is 6.20 Å². The number of imidazole rings is 1. The van der Waals surface area contributed by atoms with Gasteiger partial charge < -0.3 is 9.72 Å². The molecule has 66 valence electrons. The van der Waals surface area contributed by atoms with Crippen LogP contribution in [0.1, 0.15) is 24.3 Å². The van der Waals surface area contributed by atoms with Gasteiger partial charge in [-0.15, -0.1) is 0 Å². The van der Waals surface area contributed by atoms with Crippen molar-refractivity contribution in [1.82, 2.24) is 9.97 Å². The van der Waals surface area contributed by atoms with Crippen LogP contribution in [0.2, 0.25) is 5.28 Å². The lowest BCUT2D eigenvalue weighted by Crippen LogP contribution is -2.11. The summed E-state index contributed by atoms with van der Waals surface area (Å²) in [7, 11) is 0. The number of hydrogen-bond donors (Lipinski definition) is 1. The van der Waals surface area contributed by atoms with E-state index in [4.69, 9.17) is 16.3 Å². The zero-order valence-electron chi connectivity index (χ0n) is 6.80. The first-order valence-corrected chi connectivity index (χ1v) is 3.89. The van der Waals surface area contributed by atoms with E-state index in [-0.39, 0.29) is 17.1 Å². The van der Waals surface area contributed by atoms with Gasteiger partial charge in [0.25, 0.3) is 0 Å². The van der Waals surface area contributed by atoms with Crippen LogP contribution in [0.4, 0.5) is 0 Å². The molecule has 12 heavy (non-hydrogen) atoms. The molecule has 0 radical (unpaired) electrons. The Bertz CT molecular complexity index is 283. The van der Waals surface area contributed by atoms with Crippen LogP contribution in [0, 0.1) is 0 Å². The van der Waals surface area contributed by atoms with Crippen LogP contribution in [0.25, 0.3) is 0 Å². The molecular weight excluding hydrogens is 180 g/mol. The average Bonchev–Trinajstić information content (AvgIpc) is 2.34. The fraction of sp³-hybridized carbons (Fsp3) is 0.429. The number of aromatic amines is 1. The minimum absolute atomic E-state index is 0.139. The second-order valence-electron chi connectivity index (χ2n) is 2.54. The van der Waals surface area contributed by atoms with Crippen LogP contribution in [-0.2, 0) is 4.74 Å². The van der Waals surface area contributed by atoms with Crippen molar-refractivity contribution in [2.45, 2.75) is 20.0 Å². The molecule has 0 unspecified atom stereocenters. The van der Waals surface area contributed by atoms with Crippen molar-refractivity contribution >= 4 is 17.6 Å². The van der Waals surface area contributed by atoms with Crippen molar-refractivity contribution < 1.29 is 9.53 Å². The number of nitrogens with one attached hydrogen (secondary N) is 1. The van der Waals surface area contributed by atoms with E-state index in [2.05, 4.69) is 9.97 Å². The summed E-state index contributed by atoms with van der Waals surface area (Å²) in [6.07, 6.45) is 1.20. The van der Waals surface area contributed by atoms with Gasteiger partial charge in [-0.3, -0.25) is 0 Å². The molecule has 0 spiro atoms. The molecule has 0 bridgehead atoms.